The lowest BCUT2D eigenvalue weighted by Crippen LogP contribution is -2.30. The molecule has 0 saturated heterocycles. The number of carboxylic acid groups (broad SMARTS) is 1. The molecule has 0 spiro atoms. The molecule has 7 nitrogen and oxygen atoms in total. The molecule has 0 aliphatic rings. The van der Waals surface area contributed by atoms with Gasteiger partial charge in [0.15, 0.2) is 0 Å². The molecule has 7 heteroatoms. The zero-order valence-electron chi connectivity index (χ0n) is 25.6. The third-order valence-corrected chi connectivity index (χ3v) is 7.39. The van der Waals surface area contributed by atoms with Crippen LogP contribution in [0, 0.1) is 13.8 Å². The van der Waals surface area contributed by atoms with E-state index < -0.39 is 5.97 Å². The van der Waals surface area contributed by atoms with E-state index in [1.54, 1.807) is 11.7 Å². The molecule has 1 N–H and O–H groups in total. The molecule has 3 rings (SSSR count). The van der Waals surface area contributed by atoms with Crippen LogP contribution in [-0.2, 0) is 48.2 Å². The fraction of sp³-hybridized carbons (Fsp3) is 0.500. The van der Waals surface area contributed by atoms with Gasteiger partial charge in [-0.2, -0.15) is 0 Å². The van der Waals surface area contributed by atoms with E-state index in [4.69, 9.17) is 14.5 Å². The molecule has 222 valence electrons. The Balaban J connectivity index is 2.14. The van der Waals surface area contributed by atoms with Crippen LogP contribution >= 0.6 is 0 Å². The predicted octanol–water partition coefficient (Wildman–Crippen LogP) is 6.76. The molecule has 0 unspecified atom stereocenters. The van der Waals surface area contributed by atoms with Gasteiger partial charge in [0.05, 0.1) is 25.3 Å². The highest BCUT2D eigenvalue weighted by molar-refractivity contribution is 5.72. The van der Waals surface area contributed by atoms with Gasteiger partial charge in [0.25, 0.3) is 5.56 Å². The second-order valence-corrected chi connectivity index (χ2v) is 10.8. The van der Waals surface area contributed by atoms with Crippen LogP contribution in [0.1, 0.15) is 91.4 Å². The first kappa shape index (κ1) is 32.1. The number of hydrogen-bond acceptors (Lipinski definition) is 5. The van der Waals surface area contributed by atoms with E-state index in [0.717, 1.165) is 90.0 Å². The van der Waals surface area contributed by atoms with Crippen molar-refractivity contribution in [1.82, 2.24) is 9.55 Å². The van der Waals surface area contributed by atoms with Crippen molar-refractivity contribution in [1.29, 1.82) is 0 Å². The highest BCUT2D eigenvalue weighted by Gasteiger charge is 2.20. The third-order valence-electron chi connectivity index (χ3n) is 7.39. The topological polar surface area (TPSA) is 90.7 Å². The van der Waals surface area contributed by atoms with Gasteiger partial charge in [0.1, 0.15) is 17.3 Å². The summed E-state index contributed by atoms with van der Waals surface area (Å²) in [6.45, 7) is 11.2. The fourth-order valence-electron chi connectivity index (χ4n) is 5.37. The number of para-hydroxylation sites is 1. The van der Waals surface area contributed by atoms with Crippen LogP contribution < -0.4 is 10.3 Å². The van der Waals surface area contributed by atoms with Crippen LogP contribution in [0.15, 0.2) is 35.1 Å². The molecule has 41 heavy (non-hydrogen) atoms. The number of nitrogens with zero attached hydrogens (tertiary/aromatic N) is 2. The summed E-state index contributed by atoms with van der Waals surface area (Å²) in [5.74, 6) is 1.26. The Labute approximate surface area is 244 Å². The summed E-state index contributed by atoms with van der Waals surface area (Å²) in [5.41, 5.74) is 6.43. The van der Waals surface area contributed by atoms with Crippen molar-refractivity contribution in [3.8, 4) is 11.5 Å². The van der Waals surface area contributed by atoms with E-state index >= 15 is 0 Å². The number of rotatable bonds is 16. The Morgan fingerprint density at radius 2 is 1.63 bits per heavy atom. The number of unbranched alkanes of at least 4 members (excludes halogenated alkanes) is 1. The van der Waals surface area contributed by atoms with Crippen molar-refractivity contribution in [3.63, 3.8) is 0 Å². The molecule has 0 radical (unpaired) electrons. The van der Waals surface area contributed by atoms with Gasteiger partial charge in [0.2, 0.25) is 0 Å². The average molecular weight is 563 g/mol. The SMILES string of the molecule is CCCCc1nc(C)n(CCOC)c(=O)c1Cc1cc(CCC)c(Oc2c(C)cccc2CC(=O)O)c(CCC)c1. The molecule has 0 fully saturated rings. The summed E-state index contributed by atoms with van der Waals surface area (Å²) >= 11 is 0. The predicted molar refractivity (Wildman–Crippen MR) is 164 cm³/mol. The standard InChI is InChI=1S/C34H46N2O5/c1-7-10-16-30-29(34(39)36(17-18-40-6)24(5)35-30)21-25-19-26(12-8-2)33(27(20-25)13-9-3)41-32-23(4)14-11-15-28(32)22-31(37)38/h11,14-15,19-20H,7-10,12-13,16-18,21-22H2,1-6H3,(H,37,38). The van der Waals surface area contributed by atoms with Crippen LogP contribution in [0.4, 0.5) is 0 Å². The number of carbonyl (C=O) groups is 1. The van der Waals surface area contributed by atoms with Crippen molar-refractivity contribution in [3.05, 3.63) is 85.6 Å². The van der Waals surface area contributed by atoms with Gasteiger partial charge in [-0.05, 0) is 61.8 Å². The number of benzene rings is 2. The smallest absolute Gasteiger partial charge is 0.307 e. The molecule has 0 aliphatic heterocycles. The summed E-state index contributed by atoms with van der Waals surface area (Å²) in [5, 5.41) is 9.49. The Bertz CT molecular complexity index is 1370. The van der Waals surface area contributed by atoms with Gasteiger partial charge in [-0.25, -0.2) is 4.98 Å². The summed E-state index contributed by atoms with van der Waals surface area (Å²) in [6.07, 6.45) is 6.67. The maximum Gasteiger partial charge on any atom is 0.307 e. The van der Waals surface area contributed by atoms with Crippen molar-refractivity contribution in [2.24, 2.45) is 0 Å². The third kappa shape index (κ3) is 8.29. The van der Waals surface area contributed by atoms with E-state index in [0.29, 0.717) is 30.9 Å². The second kappa shape index (κ2) is 15.5. The maximum atomic E-state index is 13.8. The molecule has 3 aromatic rings. The van der Waals surface area contributed by atoms with Crippen LogP contribution in [0.25, 0.3) is 0 Å². The molecule has 0 atom stereocenters. The summed E-state index contributed by atoms with van der Waals surface area (Å²) in [4.78, 5) is 30.2. The second-order valence-electron chi connectivity index (χ2n) is 10.8. The van der Waals surface area contributed by atoms with E-state index in [1.807, 2.05) is 32.0 Å². The Hall–Kier alpha value is -3.45. The van der Waals surface area contributed by atoms with Gasteiger partial charge in [0, 0.05) is 24.7 Å². The van der Waals surface area contributed by atoms with Gasteiger partial charge in [-0.3, -0.25) is 14.2 Å². The van der Waals surface area contributed by atoms with Crippen LogP contribution in [0.2, 0.25) is 0 Å². The first-order valence-electron chi connectivity index (χ1n) is 14.9. The number of hydrogen-bond donors (Lipinski definition) is 1. The van der Waals surface area contributed by atoms with Gasteiger partial charge in [-0.15, -0.1) is 0 Å². The number of methoxy groups -OCH3 is 1. The van der Waals surface area contributed by atoms with Crippen molar-refractivity contribution in [2.45, 2.75) is 99.0 Å². The molecule has 1 heterocycles. The lowest BCUT2D eigenvalue weighted by Gasteiger charge is -2.21. The fourth-order valence-corrected chi connectivity index (χ4v) is 5.37. The van der Waals surface area contributed by atoms with Crippen LogP contribution in [0.3, 0.4) is 0 Å². The van der Waals surface area contributed by atoms with Gasteiger partial charge >= 0.3 is 5.97 Å². The minimum absolute atomic E-state index is 0.00767. The lowest BCUT2D eigenvalue weighted by atomic mass is 9.94. The van der Waals surface area contributed by atoms with Crippen molar-refractivity contribution < 1.29 is 19.4 Å². The highest BCUT2D eigenvalue weighted by atomic mass is 16.5. The number of carboxylic acids is 1. The number of aromatic nitrogens is 2. The Morgan fingerprint density at radius 3 is 2.22 bits per heavy atom. The minimum Gasteiger partial charge on any atom is -0.481 e. The van der Waals surface area contributed by atoms with Crippen molar-refractivity contribution >= 4 is 5.97 Å². The van der Waals surface area contributed by atoms with E-state index in [2.05, 4.69) is 32.9 Å². The molecule has 0 bridgehead atoms. The van der Waals surface area contributed by atoms with Crippen LogP contribution in [0.5, 0.6) is 11.5 Å². The average Bonchev–Trinajstić information content (AvgIpc) is 2.92. The van der Waals surface area contributed by atoms with Gasteiger partial charge in [-0.1, -0.05) is 70.4 Å². The molecular formula is C34H46N2O5. The molecule has 2 aromatic carbocycles. The molecule has 1 aromatic heterocycles. The molecule has 0 aliphatic carbocycles. The molecule has 0 amide bonds. The number of aliphatic carboxylic acids is 1. The van der Waals surface area contributed by atoms with E-state index in [9.17, 15) is 14.7 Å². The number of aryl methyl sites for hydroxylation is 5. The zero-order valence-corrected chi connectivity index (χ0v) is 25.6. The first-order valence-corrected chi connectivity index (χ1v) is 14.9. The summed E-state index contributed by atoms with van der Waals surface area (Å²) in [7, 11) is 1.64. The molecule has 0 saturated carbocycles. The first-order chi connectivity index (χ1) is 19.7. The van der Waals surface area contributed by atoms with Crippen molar-refractivity contribution in [2.75, 3.05) is 13.7 Å². The largest absolute Gasteiger partial charge is 0.481 e. The summed E-state index contributed by atoms with van der Waals surface area (Å²) < 4.78 is 13.6. The Kier molecular flexibility index (Phi) is 12.1. The normalized spacial score (nSPS) is 11.2. The highest BCUT2D eigenvalue weighted by Crippen LogP contribution is 2.36. The minimum atomic E-state index is -0.889. The molecular weight excluding hydrogens is 516 g/mol. The summed E-state index contributed by atoms with van der Waals surface area (Å²) in [6, 6.07) is 9.96. The number of ether oxygens (including phenoxy) is 2. The zero-order chi connectivity index (χ0) is 29.9. The van der Waals surface area contributed by atoms with E-state index in [1.165, 1.54) is 0 Å². The Morgan fingerprint density at radius 1 is 0.951 bits per heavy atom. The van der Waals surface area contributed by atoms with Gasteiger partial charge < -0.3 is 14.6 Å². The maximum absolute atomic E-state index is 13.8. The lowest BCUT2D eigenvalue weighted by molar-refractivity contribution is -0.136. The van der Waals surface area contributed by atoms with Crippen LogP contribution in [-0.4, -0.2) is 34.3 Å². The quantitative estimate of drug-likeness (QED) is 0.207. The monoisotopic (exact) mass is 562 g/mol. The van der Waals surface area contributed by atoms with E-state index in [-0.39, 0.29) is 12.0 Å².